The summed E-state index contributed by atoms with van der Waals surface area (Å²) in [6.07, 6.45) is -0.803. The van der Waals surface area contributed by atoms with E-state index in [-0.39, 0.29) is 0 Å². The highest BCUT2D eigenvalue weighted by Gasteiger charge is 2.24. The number of halogens is 1. The summed E-state index contributed by atoms with van der Waals surface area (Å²) in [6, 6.07) is 0.835. The predicted molar refractivity (Wildman–Crippen MR) is 60.4 cm³/mol. The fourth-order valence-corrected chi connectivity index (χ4v) is 1.35. The molecule has 0 aliphatic heterocycles. The molecule has 0 saturated carbocycles. The molecule has 0 amide bonds. The Labute approximate surface area is 105 Å². The predicted octanol–water partition coefficient (Wildman–Crippen LogP) is 1.07. The van der Waals surface area contributed by atoms with E-state index in [4.69, 9.17) is 10.2 Å². The highest BCUT2D eigenvalue weighted by Crippen LogP contribution is 2.26. The Morgan fingerprint density at radius 2 is 2.05 bits per heavy atom. The van der Waals surface area contributed by atoms with Crippen molar-refractivity contribution >= 4 is 23.3 Å². The van der Waals surface area contributed by atoms with Crippen molar-refractivity contribution in [2.75, 3.05) is 5.32 Å². The highest BCUT2D eigenvalue weighted by atomic mass is 19.1. The van der Waals surface area contributed by atoms with E-state index in [1.54, 1.807) is 0 Å². The molecular weight excluding hydrogens is 263 g/mol. The topological polar surface area (TPSA) is 130 Å². The van der Waals surface area contributed by atoms with Crippen molar-refractivity contribution < 1.29 is 29.1 Å². The number of nitro groups is 1. The molecule has 0 aliphatic rings. The Hall–Kier alpha value is -2.71. The van der Waals surface area contributed by atoms with Crippen molar-refractivity contribution in [3.05, 3.63) is 34.1 Å². The number of carboxylic acid groups (broad SMARTS) is 2. The quantitative estimate of drug-likeness (QED) is 0.521. The van der Waals surface area contributed by atoms with Crippen LogP contribution in [0.3, 0.4) is 0 Å². The number of rotatable bonds is 6. The van der Waals surface area contributed by atoms with E-state index in [0.717, 1.165) is 18.2 Å². The fraction of sp³-hybridized carbons (Fsp3) is 0.200. The zero-order valence-electron chi connectivity index (χ0n) is 9.37. The van der Waals surface area contributed by atoms with Crippen LogP contribution in [0.4, 0.5) is 15.8 Å². The number of hydrogen-bond donors (Lipinski definition) is 3. The van der Waals surface area contributed by atoms with Crippen LogP contribution in [0.15, 0.2) is 18.2 Å². The van der Waals surface area contributed by atoms with Gasteiger partial charge in [-0.15, -0.1) is 0 Å². The molecule has 3 N–H and O–H groups in total. The Balaban J connectivity index is 3.07. The molecule has 1 rings (SSSR count). The number of carboxylic acids is 2. The standard InChI is InChI=1S/C10H9FN2O6/c11-5-1-2-8(13(18)19)6(3-5)12-7(10(16)17)4-9(14)15/h1-3,7,12H,4H2,(H,14,15)(H,16,17). The zero-order chi connectivity index (χ0) is 14.6. The normalized spacial score (nSPS) is 11.6. The lowest BCUT2D eigenvalue weighted by molar-refractivity contribution is -0.384. The summed E-state index contributed by atoms with van der Waals surface area (Å²) in [7, 11) is 0. The molecule has 0 fully saturated rings. The monoisotopic (exact) mass is 272 g/mol. The summed E-state index contributed by atoms with van der Waals surface area (Å²) in [5.74, 6) is -3.73. The smallest absolute Gasteiger partial charge is 0.326 e. The lowest BCUT2D eigenvalue weighted by atomic mass is 10.2. The summed E-state index contributed by atoms with van der Waals surface area (Å²) < 4.78 is 13.0. The van der Waals surface area contributed by atoms with E-state index >= 15 is 0 Å². The second-order valence-corrected chi connectivity index (χ2v) is 3.55. The summed E-state index contributed by atoms with van der Waals surface area (Å²) in [6.45, 7) is 0. The van der Waals surface area contributed by atoms with E-state index in [9.17, 15) is 24.1 Å². The van der Waals surface area contributed by atoms with Crippen molar-refractivity contribution in [3.8, 4) is 0 Å². The van der Waals surface area contributed by atoms with Gasteiger partial charge in [-0.05, 0) is 6.07 Å². The van der Waals surface area contributed by atoms with Gasteiger partial charge in [0.2, 0.25) is 0 Å². The Bertz CT molecular complexity index is 533. The summed E-state index contributed by atoms with van der Waals surface area (Å²) in [5, 5.41) is 30.1. The number of hydrogen-bond acceptors (Lipinski definition) is 5. The van der Waals surface area contributed by atoms with Crippen LogP contribution < -0.4 is 5.32 Å². The van der Waals surface area contributed by atoms with Gasteiger partial charge < -0.3 is 15.5 Å². The minimum atomic E-state index is -1.60. The highest BCUT2D eigenvalue weighted by molar-refractivity contribution is 5.84. The number of nitro benzene ring substituents is 1. The van der Waals surface area contributed by atoms with Crippen LogP contribution in [0.25, 0.3) is 0 Å². The number of benzene rings is 1. The van der Waals surface area contributed by atoms with Crippen molar-refractivity contribution in [2.45, 2.75) is 12.5 Å². The van der Waals surface area contributed by atoms with Gasteiger partial charge in [-0.1, -0.05) is 0 Å². The van der Waals surface area contributed by atoms with E-state index < -0.39 is 46.5 Å². The third-order valence-corrected chi connectivity index (χ3v) is 2.16. The molecule has 0 heterocycles. The molecule has 1 aromatic rings. The largest absolute Gasteiger partial charge is 0.481 e. The lowest BCUT2D eigenvalue weighted by Gasteiger charge is -2.13. The molecule has 19 heavy (non-hydrogen) atoms. The van der Waals surface area contributed by atoms with E-state index in [2.05, 4.69) is 5.32 Å². The molecule has 1 unspecified atom stereocenters. The maximum Gasteiger partial charge on any atom is 0.326 e. The number of carbonyl (C=O) groups is 2. The molecule has 0 aliphatic carbocycles. The molecule has 9 heteroatoms. The van der Waals surface area contributed by atoms with E-state index in [1.807, 2.05) is 0 Å². The average Bonchev–Trinajstić information content (AvgIpc) is 2.26. The molecule has 0 saturated heterocycles. The van der Waals surface area contributed by atoms with Crippen LogP contribution in [0.1, 0.15) is 6.42 Å². The van der Waals surface area contributed by atoms with E-state index in [0.29, 0.717) is 0 Å². The first-order valence-corrected chi connectivity index (χ1v) is 4.96. The molecular formula is C10H9FN2O6. The summed E-state index contributed by atoms with van der Waals surface area (Å²) >= 11 is 0. The fourth-order valence-electron chi connectivity index (χ4n) is 1.35. The lowest BCUT2D eigenvalue weighted by Crippen LogP contribution is -2.32. The van der Waals surface area contributed by atoms with Crippen LogP contribution >= 0.6 is 0 Å². The molecule has 1 aromatic carbocycles. The van der Waals surface area contributed by atoms with Crippen LogP contribution in [0, 0.1) is 15.9 Å². The first-order chi connectivity index (χ1) is 8.81. The van der Waals surface area contributed by atoms with Gasteiger partial charge in [0, 0.05) is 12.1 Å². The van der Waals surface area contributed by atoms with Gasteiger partial charge in [0.05, 0.1) is 11.3 Å². The van der Waals surface area contributed by atoms with Gasteiger partial charge in [-0.25, -0.2) is 9.18 Å². The molecule has 1 atom stereocenters. The molecule has 0 spiro atoms. The zero-order valence-corrected chi connectivity index (χ0v) is 9.37. The second-order valence-electron chi connectivity index (χ2n) is 3.55. The number of nitrogens with zero attached hydrogens (tertiary/aromatic N) is 1. The van der Waals surface area contributed by atoms with Gasteiger partial charge in [0.25, 0.3) is 5.69 Å². The molecule has 0 aromatic heterocycles. The maximum atomic E-state index is 13.0. The molecule has 8 nitrogen and oxygen atoms in total. The SMILES string of the molecule is O=C(O)CC(Nc1cc(F)ccc1[N+](=O)[O-])C(=O)O. The van der Waals surface area contributed by atoms with Crippen LogP contribution in [-0.2, 0) is 9.59 Å². The van der Waals surface area contributed by atoms with Crippen molar-refractivity contribution in [2.24, 2.45) is 0 Å². The van der Waals surface area contributed by atoms with Crippen LogP contribution in [0.5, 0.6) is 0 Å². The van der Waals surface area contributed by atoms with Crippen molar-refractivity contribution in [1.82, 2.24) is 0 Å². The molecule has 0 radical (unpaired) electrons. The number of aliphatic carboxylic acids is 2. The van der Waals surface area contributed by atoms with Crippen LogP contribution in [-0.4, -0.2) is 33.1 Å². The third-order valence-electron chi connectivity index (χ3n) is 2.16. The third kappa shape index (κ3) is 3.91. The summed E-state index contributed by atoms with van der Waals surface area (Å²) in [4.78, 5) is 31.1. The summed E-state index contributed by atoms with van der Waals surface area (Å²) in [5.41, 5.74) is -0.934. The Kier molecular flexibility index (Phi) is 4.35. The first-order valence-electron chi connectivity index (χ1n) is 4.96. The minimum absolute atomic E-state index is 0.390. The van der Waals surface area contributed by atoms with Crippen molar-refractivity contribution in [3.63, 3.8) is 0 Å². The van der Waals surface area contributed by atoms with Crippen LogP contribution in [0.2, 0.25) is 0 Å². The van der Waals surface area contributed by atoms with E-state index in [1.165, 1.54) is 0 Å². The Morgan fingerprint density at radius 3 is 2.53 bits per heavy atom. The molecule has 0 bridgehead atoms. The van der Waals surface area contributed by atoms with Crippen molar-refractivity contribution in [1.29, 1.82) is 0 Å². The number of nitrogens with one attached hydrogen (secondary N) is 1. The van der Waals surface area contributed by atoms with Gasteiger partial charge in [-0.2, -0.15) is 0 Å². The maximum absolute atomic E-state index is 13.0. The number of anilines is 1. The second kappa shape index (κ2) is 5.76. The van der Waals surface area contributed by atoms with Gasteiger partial charge in [0.1, 0.15) is 17.5 Å². The van der Waals surface area contributed by atoms with Gasteiger partial charge in [-0.3, -0.25) is 14.9 Å². The van der Waals surface area contributed by atoms with Gasteiger partial charge >= 0.3 is 11.9 Å². The average molecular weight is 272 g/mol. The van der Waals surface area contributed by atoms with Gasteiger partial charge in [0.15, 0.2) is 0 Å². The Morgan fingerprint density at radius 1 is 1.42 bits per heavy atom. The minimum Gasteiger partial charge on any atom is -0.481 e. The first kappa shape index (κ1) is 14.4. The molecule has 102 valence electrons.